The molecular weight excluding hydrogens is 296 g/mol. The second-order valence-electron chi connectivity index (χ2n) is 7.22. The van der Waals surface area contributed by atoms with Gasteiger partial charge in [0.25, 0.3) is 0 Å². The van der Waals surface area contributed by atoms with Crippen molar-refractivity contribution < 1.29 is 9.90 Å². The van der Waals surface area contributed by atoms with E-state index in [-0.39, 0.29) is 24.2 Å². The molecule has 0 radical (unpaired) electrons. The second-order valence-corrected chi connectivity index (χ2v) is 7.22. The van der Waals surface area contributed by atoms with Crippen LogP contribution in [-0.4, -0.2) is 48.4 Å². The zero-order chi connectivity index (χ0) is 16.6. The first-order valence-electron chi connectivity index (χ1n) is 8.56. The Balaban J connectivity index is 1.77. The number of likely N-dealkylation sites (tertiary alicyclic amines) is 1. The van der Waals surface area contributed by atoms with Crippen LogP contribution in [0.2, 0.25) is 0 Å². The molecule has 1 amide bonds. The van der Waals surface area contributed by atoms with Crippen LogP contribution < -0.4 is 5.69 Å². The van der Waals surface area contributed by atoms with E-state index in [4.69, 9.17) is 0 Å². The van der Waals surface area contributed by atoms with Crippen LogP contribution in [0.5, 0.6) is 0 Å². The number of fused-ring (bicyclic) bond motifs is 1. The van der Waals surface area contributed by atoms with Crippen molar-refractivity contribution in [3.8, 4) is 0 Å². The third kappa shape index (κ3) is 3.20. The van der Waals surface area contributed by atoms with Crippen molar-refractivity contribution in [3.63, 3.8) is 0 Å². The maximum atomic E-state index is 12.6. The zero-order valence-electron chi connectivity index (χ0n) is 14.0. The molecule has 7 heteroatoms. The summed E-state index contributed by atoms with van der Waals surface area (Å²) in [6.07, 6.45) is 5.62. The molecular formula is C16H26N4O3. The van der Waals surface area contributed by atoms with Gasteiger partial charge in [-0.15, -0.1) is 0 Å². The van der Waals surface area contributed by atoms with Crippen LogP contribution in [0.25, 0.3) is 0 Å². The van der Waals surface area contributed by atoms with Crippen LogP contribution in [-0.2, 0) is 24.3 Å². The fourth-order valence-electron chi connectivity index (χ4n) is 3.75. The van der Waals surface area contributed by atoms with Crippen LogP contribution in [0.3, 0.4) is 0 Å². The smallest absolute Gasteiger partial charge is 0.346 e. The summed E-state index contributed by atoms with van der Waals surface area (Å²) in [6.45, 7) is 4.75. The number of nitrogens with zero attached hydrogens (tertiary/aromatic N) is 4. The third-order valence-electron chi connectivity index (χ3n) is 4.96. The van der Waals surface area contributed by atoms with E-state index in [0.29, 0.717) is 13.1 Å². The van der Waals surface area contributed by atoms with Crippen LogP contribution in [0.1, 0.15) is 51.8 Å². The first-order valence-corrected chi connectivity index (χ1v) is 8.56. The van der Waals surface area contributed by atoms with E-state index < -0.39 is 5.60 Å². The first-order chi connectivity index (χ1) is 10.9. The van der Waals surface area contributed by atoms with Crippen molar-refractivity contribution >= 4 is 5.91 Å². The van der Waals surface area contributed by atoms with Crippen LogP contribution in [0.4, 0.5) is 0 Å². The van der Waals surface area contributed by atoms with Crippen molar-refractivity contribution in [2.75, 3.05) is 6.54 Å². The first kappa shape index (κ1) is 16.2. The summed E-state index contributed by atoms with van der Waals surface area (Å²) in [6, 6.07) is -0.189. The molecule has 1 atom stereocenters. The van der Waals surface area contributed by atoms with Gasteiger partial charge in [0, 0.05) is 19.5 Å². The van der Waals surface area contributed by atoms with E-state index in [2.05, 4.69) is 5.10 Å². The highest BCUT2D eigenvalue weighted by atomic mass is 16.3. The minimum absolute atomic E-state index is 0.0363. The topological polar surface area (TPSA) is 80.4 Å². The molecule has 0 aliphatic carbocycles. The summed E-state index contributed by atoms with van der Waals surface area (Å²) in [4.78, 5) is 26.8. The van der Waals surface area contributed by atoms with Crippen LogP contribution in [0, 0.1) is 0 Å². The van der Waals surface area contributed by atoms with Gasteiger partial charge in [0.2, 0.25) is 5.91 Å². The number of hydrogen-bond acceptors (Lipinski definition) is 4. The number of carbonyl (C=O) groups excluding carboxylic acids is 1. The summed E-state index contributed by atoms with van der Waals surface area (Å²) < 4.78 is 3.00. The quantitative estimate of drug-likeness (QED) is 0.880. The van der Waals surface area contributed by atoms with E-state index in [1.165, 1.54) is 4.68 Å². The summed E-state index contributed by atoms with van der Waals surface area (Å²) in [5, 5.41) is 14.6. The molecule has 23 heavy (non-hydrogen) atoms. The Morgan fingerprint density at radius 2 is 2.04 bits per heavy atom. The van der Waals surface area contributed by atoms with Crippen LogP contribution >= 0.6 is 0 Å². The fourth-order valence-corrected chi connectivity index (χ4v) is 3.75. The molecule has 3 rings (SSSR count). The summed E-state index contributed by atoms with van der Waals surface area (Å²) >= 11 is 0. The summed E-state index contributed by atoms with van der Waals surface area (Å²) in [5.41, 5.74) is -1.11. The van der Waals surface area contributed by atoms with Gasteiger partial charge in [-0.1, -0.05) is 6.42 Å². The number of aliphatic hydroxyl groups is 1. The third-order valence-corrected chi connectivity index (χ3v) is 4.96. The van der Waals surface area contributed by atoms with Gasteiger partial charge in [-0.25, -0.2) is 9.48 Å². The van der Waals surface area contributed by atoms with Crippen molar-refractivity contribution in [1.82, 2.24) is 19.2 Å². The largest absolute Gasteiger partial charge is 0.388 e. The molecule has 1 saturated heterocycles. The number of aromatic nitrogens is 3. The molecule has 128 valence electrons. The molecule has 0 spiro atoms. The number of aryl methyl sites for hydroxylation is 1. The molecule has 0 saturated carbocycles. The number of hydrogen-bond donors (Lipinski definition) is 1. The van der Waals surface area contributed by atoms with Gasteiger partial charge in [-0.3, -0.25) is 9.36 Å². The Morgan fingerprint density at radius 1 is 1.26 bits per heavy atom. The SMILES string of the molecule is CC(C)(O)C1CCCN1C(=O)Cn1nc2n(c1=O)CCCCC2. The summed E-state index contributed by atoms with van der Waals surface area (Å²) in [5.74, 6) is 0.658. The van der Waals surface area contributed by atoms with Gasteiger partial charge >= 0.3 is 5.69 Å². The second kappa shape index (κ2) is 6.11. The highest BCUT2D eigenvalue weighted by Gasteiger charge is 2.38. The van der Waals surface area contributed by atoms with E-state index in [0.717, 1.165) is 44.3 Å². The molecule has 3 heterocycles. The van der Waals surface area contributed by atoms with Gasteiger partial charge in [-0.05, 0) is 39.5 Å². The minimum Gasteiger partial charge on any atom is -0.388 e. The van der Waals surface area contributed by atoms with Crippen molar-refractivity contribution in [2.24, 2.45) is 0 Å². The van der Waals surface area contributed by atoms with E-state index >= 15 is 0 Å². The van der Waals surface area contributed by atoms with E-state index in [1.807, 2.05) is 0 Å². The maximum absolute atomic E-state index is 12.6. The standard InChI is InChI=1S/C16H26N4O3/c1-16(2,23)12-7-6-10-18(12)14(21)11-20-15(22)19-9-5-3-4-8-13(19)17-20/h12,23H,3-11H2,1-2H3. The molecule has 1 aromatic heterocycles. The average molecular weight is 322 g/mol. The molecule has 2 aliphatic heterocycles. The predicted octanol–water partition coefficient (Wildman–Crippen LogP) is 0.533. The van der Waals surface area contributed by atoms with Gasteiger partial charge in [0.05, 0.1) is 11.6 Å². The van der Waals surface area contributed by atoms with Gasteiger partial charge in [0.1, 0.15) is 12.4 Å². The Kier molecular flexibility index (Phi) is 4.31. The Labute approximate surface area is 135 Å². The van der Waals surface area contributed by atoms with Crippen molar-refractivity contribution in [1.29, 1.82) is 0 Å². The lowest BCUT2D eigenvalue weighted by Crippen LogP contribution is -2.49. The Hall–Kier alpha value is -1.63. The highest BCUT2D eigenvalue weighted by molar-refractivity contribution is 5.76. The van der Waals surface area contributed by atoms with E-state index in [1.54, 1.807) is 23.3 Å². The van der Waals surface area contributed by atoms with Crippen molar-refractivity contribution in [2.45, 2.75) is 77.1 Å². The highest BCUT2D eigenvalue weighted by Crippen LogP contribution is 2.26. The average Bonchev–Trinajstić information content (AvgIpc) is 3.00. The number of carbonyl (C=O) groups is 1. The minimum atomic E-state index is -0.928. The van der Waals surface area contributed by atoms with Crippen LogP contribution in [0.15, 0.2) is 4.79 Å². The van der Waals surface area contributed by atoms with Crippen molar-refractivity contribution in [3.05, 3.63) is 16.3 Å². The predicted molar refractivity (Wildman–Crippen MR) is 85.1 cm³/mol. The Bertz CT molecular complexity index is 641. The molecule has 7 nitrogen and oxygen atoms in total. The lowest BCUT2D eigenvalue weighted by atomic mass is 9.96. The molecule has 0 bridgehead atoms. The maximum Gasteiger partial charge on any atom is 0.346 e. The lowest BCUT2D eigenvalue weighted by Gasteiger charge is -2.33. The number of amides is 1. The molecule has 1 fully saturated rings. The Morgan fingerprint density at radius 3 is 2.78 bits per heavy atom. The molecule has 2 aliphatic rings. The van der Waals surface area contributed by atoms with E-state index in [9.17, 15) is 14.7 Å². The monoisotopic (exact) mass is 322 g/mol. The molecule has 1 unspecified atom stereocenters. The number of rotatable bonds is 3. The van der Waals surface area contributed by atoms with Gasteiger partial charge in [-0.2, -0.15) is 5.10 Å². The normalized spacial score (nSPS) is 22.0. The zero-order valence-corrected chi connectivity index (χ0v) is 14.0. The fraction of sp³-hybridized carbons (Fsp3) is 0.812. The molecule has 0 aromatic carbocycles. The summed E-state index contributed by atoms with van der Waals surface area (Å²) in [7, 11) is 0. The molecule has 1 N–H and O–H groups in total. The molecule has 1 aromatic rings. The lowest BCUT2D eigenvalue weighted by molar-refractivity contribution is -0.137. The van der Waals surface area contributed by atoms with Gasteiger partial charge < -0.3 is 10.0 Å². The van der Waals surface area contributed by atoms with Gasteiger partial charge in [0.15, 0.2) is 0 Å².